The van der Waals surface area contributed by atoms with Crippen LogP contribution in [-0.2, 0) is 4.74 Å². The van der Waals surface area contributed by atoms with Gasteiger partial charge in [0.15, 0.2) is 0 Å². The number of hydrogen-bond acceptors (Lipinski definition) is 3. The van der Waals surface area contributed by atoms with Gasteiger partial charge in [0.2, 0.25) is 0 Å². The number of likely N-dealkylation sites (N-methyl/N-ethyl adjacent to an activating group) is 1. The Morgan fingerprint density at radius 3 is 2.56 bits per heavy atom. The molecule has 0 aliphatic carbocycles. The first-order valence-electron chi connectivity index (χ1n) is 7.72. The molecule has 0 aromatic rings. The molecule has 0 amide bonds. The molecule has 0 bridgehead atoms. The highest BCUT2D eigenvalue weighted by atomic mass is 16.5. The van der Waals surface area contributed by atoms with E-state index in [1.54, 1.807) is 0 Å². The molecule has 18 heavy (non-hydrogen) atoms. The van der Waals surface area contributed by atoms with Crippen LogP contribution in [-0.4, -0.2) is 50.3 Å². The largest absolute Gasteiger partial charge is 0.381 e. The predicted octanol–water partition coefficient (Wildman–Crippen LogP) is 1.98. The average molecular weight is 254 g/mol. The molecule has 0 spiro atoms. The fourth-order valence-electron chi connectivity index (χ4n) is 3.73. The molecule has 2 aliphatic heterocycles. The molecule has 3 nitrogen and oxygen atoms in total. The van der Waals surface area contributed by atoms with Crippen LogP contribution in [0.4, 0.5) is 0 Å². The standard InChI is InChI=1S/C15H30N2O/c1-4-16-15(14-5-6-18-11-14)10-17-8-12(2)7-13(3)9-17/h12-16H,4-11H2,1-3H3. The third-order valence-electron chi connectivity index (χ3n) is 4.40. The molecule has 2 rings (SSSR count). The van der Waals surface area contributed by atoms with E-state index in [0.717, 1.165) is 37.5 Å². The van der Waals surface area contributed by atoms with Gasteiger partial charge in [0.05, 0.1) is 6.61 Å². The molecular weight excluding hydrogens is 224 g/mol. The van der Waals surface area contributed by atoms with Crippen molar-refractivity contribution in [3.63, 3.8) is 0 Å². The lowest BCUT2D eigenvalue weighted by molar-refractivity contribution is 0.111. The normalized spacial score (nSPS) is 35.8. The zero-order valence-electron chi connectivity index (χ0n) is 12.3. The lowest BCUT2D eigenvalue weighted by Crippen LogP contribution is -2.49. The van der Waals surface area contributed by atoms with Crippen LogP contribution in [0.5, 0.6) is 0 Å². The number of rotatable bonds is 5. The maximum atomic E-state index is 5.56. The Bertz CT molecular complexity index is 231. The van der Waals surface area contributed by atoms with Crippen LogP contribution in [0.25, 0.3) is 0 Å². The summed E-state index contributed by atoms with van der Waals surface area (Å²) in [6.07, 6.45) is 2.63. The smallest absolute Gasteiger partial charge is 0.0510 e. The van der Waals surface area contributed by atoms with E-state index in [0.29, 0.717) is 6.04 Å². The first kappa shape index (κ1) is 14.3. The molecule has 2 heterocycles. The van der Waals surface area contributed by atoms with Gasteiger partial charge in [-0.05, 0) is 31.2 Å². The molecule has 1 N–H and O–H groups in total. The molecule has 3 heteroatoms. The SMILES string of the molecule is CCNC(CN1CC(C)CC(C)C1)C1CCOC1. The maximum Gasteiger partial charge on any atom is 0.0510 e. The Balaban J connectivity index is 1.86. The van der Waals surface area contributed by atoms with Gasteiger partial charge in [0.1, 0.15) is 0 Å². The van der Waals surface area contributed by atoms with Gasteiger partial charge in [-0.1, -0.05) is 20.8 Å². The minimum atomic E-state index is 0.620. The van der Waals surface area contributed by atoms with Crippen molar-refractivity contribution in [3.8, 4) is 0 Å². The Morgan fingerprint density at radius 1 is 1.28 bits per heavy atom. The molecular formula is C15H30N2O. The lowest BCUT2D eigenvalue weighted by atomic mass is 9.90. The number of piperidine rings is 1. The van der Waals surface area contributed by atoms with Crippen LogP contribution in [0.15, 0.2) is 0 Å². The van der Waals surface area contributed by atoms with Crippen LogP contribution in [0, 0.1) is 17.8 Å². The van der Waals surface area contributed by atoms with Crippen LogP contribution < -0.4 is 5.32 Å². The molecule has 106 valence electrons. The Morgan fingerprint density at radius 2 is 2.00 bits per heavy atom. The molecule has 2 aliphatic rings. The average Bonchev–Trinajstić information content (AvgIpc) is 2.80. The number of nitrogens with one attached hydrogen (secondary N) is 1. The molecule has 0 aromatic heterocycles. The van der Waals surface area contributed by atoms with Gasteiger partial charge >= 0.3 is 0 Å². The Hall–Kier alpha value is -0.120. The van der Waals surface area contributed by atoms with E-state index in [2.05, 4.69) is 31.0 Å². The van der Waals surface area contributed by atoms with Crippen molar-refractivity contribution in [3.05, 3.63) is 0 Å². The molecule has 2 fully saturated rings. The Kier molecular flexibility index (Phi) is 5.46. The summed E-state index contributed by atoms with van der Waals surface area (Å²) in [7, 11) is 0. The fourth-order valence-corrected chi connectivity index (χ4v) is 3.73. The summed E-state index contributed by atoms with van der Waals surface area (Å²) in [5.74, 6) is 2.43. The highest BCUT2D eigenvalue weighted by Gasteiger charge is 2.29. The van der Waals surface area contributed by atoms with Crippen LogP contribution >= 0.6 is 0 Å². The molecule has 0 radical (unpaired) electrons. The first-order valence-corrected chi connectivity index (χ1v) is 7.72. The number of nitrogens with zero attached hydrogens (tertiary/aromatic N) is 1. The predicted molar refractivity (Wildman–Crippen MR) is 75.8 cm³/mol. The van der Waals surface area contributed by atoms with E-state index in [9.17, 15) is 0 Å². The van der Waals surface area contributed by atoms with Gasteiger partial charge in [0.25, 0.3) is 0 Å². The van der Waals surface area contributed by atoms with Gasteiger partial charge in [-0.25, -0.2) is 0 Å². The maximum absolute atomic E-state index is 5.56. The van der Waals surface area contributed by atoms with E-state index in [-0.39, 0.29) is 0 Å². The van der Waals surface area contributed by atoms with Crippen molar-refractivity contribution in [1.29, 1.82) is 0 Å². The zero-order chi connectivity index (χ0) is 13.0. The van der Waals surface area contributed by atoms with E-state index >= 15 is 0 Å². The molecule has 4 atom stereocenters. The fraction of sp³-hybridized carbons (Fsp3) is 1.00. The Labute approximate surface area is 112 Å². The quantitative estimate of drug-likeness (QED) is 0.812. The van der Waals surface area contributed by atoms with Crippen molar-refractivity contribution in [2.24, 2.45) is 17.8 Å². The van der Waals surface area contributed by atoms with E-state index < -0.39 is 0 Å². The second-order valence-corrected chi connectivity index (χ2v) is 6.45. The van der Waals surface area contributed by atoms with E-state index in [1.807, 2.05) is 0 Å². The van der Waals surface area contributed by atoms with Crippen molar-refractivity contribution < 1.29 is 4.74 Å². The third-order valence-corrected chi connectivity index (χ3v) is 4.40. The van der Waals surface area contributed by atoms with Crippen LogP contribution in [0.1, 0.15) is 33.6 Å². The first-order chi connectivity index (χ1) is 8.69. The summed E-state index contributed by atoms with van der Waals surface area (Å²) in [4.78, 5) is 2.67. The summed E-state index contributed by atoms with van der Waals surface area (Å²) in [5, 5.41) is 3.68. The molecule has 4 unspecified atom stereocenters. The number of hydrogen-bond donors (Lipinski definition) is 1. The molecule has 2 saturated heterocycles. The lowest BCUT2D eigenvalue weighted by Gasteiger charge is -2.38. The summed E-state index contributed by atoms with van der Waals surface area (Å²) < 4.78 is 5.56. The monoisotopic (exact) mass is 254 g/mol. The topological polar surface area (TPSA) is 24.5 Å². The minimum Gasteiger partial charge on any atom is -0.381 e. The van der Waals surface area contributed by atoms with Crippen molar-refractivity contribution in [1.82, 2.24) is 10.2 Å². The molecule has 0 aromatic carbocycles. The van der Waals surface area contributed by atoms with Crippen molar-refractivity contribution in [2.45, 2.75) is 39.7 Å². The zero-order valence-corrected chi connectivity index (χ0v) is 12.3. The van der Waals surface area contributed by atoms with Gasteiger partial charge in [-0.15, -0.1) is 0 Å². The van der Waals surface area contributed by atoms with E-state index in [1.165, 1.54) is 32.5 Å². The molecule has 0 saturated carbocycles. The van der Waals surface area contributed by atoms with Crippen LogP contribution in [0.2, 0.25) is 0 Å². The summed E-state index contributed by atoms with van der Waals surface area (Å²) in [6.45, 7) is 13.7. The van der Waals surface area contributed by atoms with Crippen LogP contribution in [0.3, 0.4) is 0 Å². The number of likely N-dealkylation sites (tertiary alicyclic amines) is 1. The number of ether oxygens (including phenoxy) is 1. The van der Waals surface area contributed by atoms with E-state index in [4.69, 9.17) is 4.74 Å². The van der Waals surface area contributed by atoms with Gasteiger partial charge in [-0.3, -0.25) is 0 Å². The second kappa shape index (κ2) is 6.88. The van der Waals surface area contributed by atoms with Gasteiger partial charge < -0.3 is 15.0 Å². The minimum absolute atomic E-state index is 0.620. The highest BCUT2D eigenvalue weighted by Crippen LogP contribution is 2.23. The van der Waals surface area contributed by atoms with Gasteiger partial charge in [-0.2, -0.15) is 0 Å². The third kappa shape index (κ3) is 3.94. The summed E-state index contributed by atoms with van der Waals surface area (Å²) in [5.41, 5.74) is 0. The van der Waals surface area contributed by atoms with Gasteiger partial charge in [0, 0.05) is 38.2 Å². The summed E-state index contributed by atoms with van der Waals surface area (Å²) in [6, 6.07) is 0.620. The summed E-state index contributed by atoms with van der Waals surface area (Å²) >= 11 is 0. The second-order valence-electron chi connectivity index (χ2n) is 6.45. The highest BCUT2D eigenvalue weighted by molar-refractivity contribution is 4.84. The van der Waals surface area contributed by atoms with Crippen molar-refractivity contribution >= 4 is 0 Å². The van der Waals surface area contributed by atoms with Crippen molar-refractivity contribution in [2.75, 3.05) is 39.4 Å².